The summed E-state index contributed by atoms with van der Waals surface area (Å²) in [6.07, 6.45) is 0.0893. The van der Waals surface area contributed by atoms with Crippen molar-refractivity contribution in [1.29, 1.82) is 0 Å². The molecule has 0 unspecified atom stereocenters. The molecule has 104 valence electrons. The van der Waals surface area contributed by atoms with Gasteiger partial charge in [0.2, 0.25) is 12.6 Å². The molecule has 2 aromatic carbocycles. The van der Waals surface area contributed by atoms with E-state index in [0.717, 1.165) is 11.1 Å². The molecule has 0 spiro atoms. The summed E-state index contributed by atoms with van der Waals surface area (Å²) in [5, 5.41) is 0. The van der Waals surface area contributed by atoms with Gasteiger partial charge in [0.1, 0.15) is 0 Å². The van der Waals surface area contributed by atoms with Gasteiger partial charge in [-0.3, -0.25) is 0 Å². The van der Waals surface area contributed by atoms with Crippen molar-refractivity contribution in [2.45, 2.75) is 25.4 Å². The van der Waals surface area contributed by atoms with Crippen molar-refractivity contribution in [1.82, 2.24) is 0 Å². The van der Waals surface area contributed by atoms with E-state index in [2.05, 4.69) is 0 Å². The molecule has 0 aromatic heterocycles. The molecular formula is C16H16O4. The third kappa shape index (κ3) is 3.65. The molecule has 0 saturated carbocycles. The Kier molecular flexibility index (Phi) is 4.40. The van der Waals surface area contributed by atoms with E-state index in [1.807, 2.05) is 60.7 Å². The molecule has 0 atom stereocenters. The van der Waals surface area contributed by atoms with Gasteiger partial charge in [-0.15, -0.1) is 0 Å². The summed E-state index contributed by atoms with van der Waals surface area (Å²) in [6, 6.07) is 19.8. The van der Waals surface area contributed by atoms with Crippen LogP contribution in [-0.4, -0.2) is 12.6 Å². The Labute approximate surface area is 117 Å². The largest absolute Gasteiger partial charge is 0.228 e. The molecule has 1 fully saturated rings. The maximum absolute atomic E-state index is 5.22. The van der Waals surface area contributed by atoms with Crippen molar-refractivity contribution in [2.75, 3.05) is 0 Å². The smallest absolute Gasteiger partial charge is 0.198 e. The number of rotatable bonds is 4. The van der Waals surface area contributed by atoms with Gasteiger partial charge in [-0.25, -0.2) is 0 Å². The molecule has 0 bridgehead atoms. The standard InChI is InChI=1S/C16H16O4/c1-3-7-13(8-4-1)11-15-17-19-16(20-18-15)12-14-9-5-2-6-10-14/h1-10,15-16H,11-12H2. The van der Waals surface area contributed by atoms with Gasteiger partial charge in [0.05, 0.1) is 0 Å². The lowest BCUT2D eigenvalue weighted by Crippen LogP contribution is -2.34. The summed E-state index contributed by atoms with van der Waals surface area (Å²) >= 11 is 0. The Bertz CT molecular complexity index is 457. The van der Waals surface area contributed by atoms with Crippen molar-refractivity contribution in [3.63, 3.8) is 0 Å². The zero-order valence-corrected chi connectivity index (χ0v) is 11.0. The van der Waals surface area contributed by atoms with Crippen molar-refractivity contribution in [3.05, 3.63) is 71.8 Å². The maximum atomic E-state index is 5.22. The monoisotopic (exact) mass is 272 g/mol. The zero-order chi connectivity index (χ0) is 13.6. The summed E-state index contributed by atoms with van der Waals surface area (Å²) in [6.45, 7) is 0. The lowest BCUT2D eigenvalue weighted by atomic mass is 10.1. The third-order valence-electron chi connectivity index (χ3n) is 3.03. The van der Waals surface area contributed by atoms with Crippen LogP contribution in [0.3, 0.4) is 0 Å². The summed E-state index contributed by atoms with van der Waals surface area (Å²) < 4.78 is 0. The normalized spacial score (nSPS) is 22.6. The third-order valence-corrected chi connectivity index (χ3v) is 3.03. The predicted molar refractivity (Wildman–Crippen MR) is 72.2 cm³/mol. The number of benzene rings is 2. The van der Waals surface area contributed by atoms with Crippen LogP contribution in [0.2, 0.25) is 0 Å². The topological polar surface area (TPSA) is 36.9 Å². The van der Waals surface area contributed by atoms with Gasteiger partial charge in [-0.1, -0.05) is 60.7 Å². The molecule has 0 amide bonds. The molecule has 4 heteroatoms. The van der Waals surface area contributed by atoms with Crippen molar-refractivity contribution in [2.24, 2.45) is 0 Å². The Morgan fingerprint density at radius 3 is 1.25 bits per heavy atom. The van der Waals surface area contributed by atoms with Crippen LogP contribution in [0.4, 0.5) is 0 Å². The highest BCUT2D eigenvalue weighted by Gasteiger charge is 2.25. The average Bonchev–Trinajstić information content (AvgIpc) is 2.51. The van der Waals surface area contributed by atoms with Crippen LogP contribution < -0.4 is 0 Å². The molecule has 1 saturated heterocycles. The van der Waals surface area contributed by atoms with Crippen molar-refractivity contribution >= 4 is 0 Å². The van der Waals surface area contributed by atoms with E-state index in [0.29, 0.717) is 12.8 Å². The molecule has 3 rings (SSSR count). The second-order valence-corrected chi connectivity index (χ2v) is 4.62. The van der Waals surface area contributed by atoms with Crippen LogP contribution in [0.25, 0.3) is 0 Å². The van der Waals surface area contributed by atoms with Crippen LogP contribution in [0.15, 0.2) is 60.7 Å². The van der Waals surface area contributed by atoms with Crippen LogP contribution in [0.1, 0.15) is 11.1 Å². The Morgan fingerprint density at radius 1 is 0.550 bits per heavy atom. The van der Waals surface area contributed by atoms with E-state index in [9.17, 15) is 0 Å². The minimum absolute atomic E-state index is 0.538. The van der Waals surface area contributed by atoms with Gasteiger partial charge in [-0.05, 0) is 11.1 Å². The first-order valence-electron chi connectivity index (χ1n) is 6.62. The second-order valence-electron chi connectivity index (χ2n) is 4.62. The van der Waals surface area contributed by atoms with E-state index in [1.54, 1.807) is 0 Å². The SMILES string of the molecule is c1ccc(CC2OOC(Cc3ccccc3)OO2)cc1. The van der Waals surface area contributed by atoms with Crippen molar-refractivity contribution < 1.29 is 19.6 Å². The number of hydrogen-bond acceptors (Lipinski definition) is 4. The summed E-state index contributed by atoms with van der Waals surface area (Å²) in [5.41, 5.74) is 2.21. The number of hydrogen-bond donors (Lipinski definition) is 0. The molecule has 1 aliphatic heterocycles. The van der Waals surface area contributed by atoms with Gasteiger partial charge in [0.15, 0.2) is 0 Å². The first-order valence-corrected chi connectivity index (χ1v) is 6.62. The lowest BCUT2D eigenvalue weighted by Gasteiger charge is -2.26. The minimum atomic E-state index is -0.538. The van der Waals surface area contributed by atoms with E-state index in [-0.39, 0.29) is 0 Å². The Hall–Kier alpha value is -1.72. The first kappa shape index (κ1) is 13.3. The van der Waals surface area contributed by atoms with Gasteiger partial charge < -0.3 is 0 Å². The summed E-state index contributed by atoms with van der Waals surface area (Å²) in [7, 11) is 0. The van der Waals surface area contributed by atoms with Gasteiger partial charge in [0, 0.05) is 12.8 Å². The Morgan fingerprint density at radius 2 is 0.900 bits per heavy atom. The molecule has 0 aliphatic carbocycles. The highest BCUT2D eigenvalue weighted by atomic mass is 17.4. The summed E-state index contributed by atoms with van der Waals surface area (Å²) in [5.74, 6) is 0. The molecule has 1 heterocycles. The van der Waals surface area contributed by atoms with Crippen LogP contribution >= 0.6 is 0 Å². The highest BCUT2D eigenvalue weighted by molar-refractivity contribution is 5.15. The van der Waals surface area contributed by atoms with Gasteiger partial charge in [-0.2, -0.15) is 19.6 Å². The van der Waals surface area contributed by atoms with E-state index in [1.165, 1.54) is 0 Å². The van der Waals surface area contributed by atoms with Crippen LogP contribution in [0, 0.1) is 0 Å². The minimum Gasteiger partial charge on any atom is -0.198 e. The lowest BCUT2D eigenvalue weighted by molar-refractivity contribution is -0.589. The van der Waals surface area contributed by atoms with Crippen LogP contribution in [0.5, 0.6) is 0 Å². The average molecular weight is 272 g/mol. The molecule has 0 radical (unpaired) electrons. The maximum Gasteiger partial charge on any atom is 0.228 e. The van der Waals surface area contributed by atoms with Gasteiger partial charge in [0.25, 0.3) is 0 Å². The summed E-state index contributed by atoms with van der Waals surface area (Å²) in [4.78, 5) is 20.9. The molecule has 4 nitrogen and oxygen atoms in total. The highest BCUT2D eigenvalue weighted by Crippen LogP contribution is 2.18. The second kappa shape index (κ2) is 6.63. The fourth-order valence-corrected chi connectivity index (χ4v) is 2.03. The van der Waals surface area contributed by atoms with Gasteiger partial charge >= 0.3 is 0 Å². The van der Waals surface area contributed by atoms with E-state index in [4.69, 9.17) is 19.6 Å². The predicted octanol–water partition coefficient (Wildman–Crippen LogP) is 3.03. The molecule has 1 aliphatic rings. The molecular weight excluding hydrogens is 256 g/mol. The molecule has 2 aromatic rings. The fraction of sp³-hybridized carbons (Fsp3) is 0.250. The quantitative estimate of drug-likeness (QED) is 0.802. The van der Waals surface area contributed by atoms with Crippen molar-refractivity contribution in [3.8, 4) is 0 Å². The first-order chi connectivity index (χ1) is 9.90. The van der Waals surface area contributed by atoms with E-state index < -0.39 is 12.6 Å². The van der Waals surface area contributed by atoms with E-state index >= 15 is 0 Å². The Balaban J connectivity index is 1.47. The fourth-order valence-electron chi connectivity index (χ4n) is 2.03. The molecule has 20 heavy (non-hydrogen) atoms. The molecule has 0 N–H and O–H groups in total. The zero-order valence-electron chi connectivity index (χ0n) is 11.0. The van der Waals surface area contributed by atoms with Crippen LogP contribution in [-0.2, 0) is 32.4 Å².